The Morgan fingerprint density at radius 3 is 2.18 bits per heavy atom. The van der Waals surface area contributed by atoms with E-state index in [9.17, 15) is 21.6 Å². The van der Waals surface area contributed by atoms with Crippen LogP contribution in [0, 0.1) is 0 Å². The lowest BCUT2D eigenvalue weighted by Gasteiger charge is -2.19. The van der Waals surface area contributed by atoms with E-state index in [-0.39, 0.29) is 11.3 Å². The van der Waals surface area contributed by atoms with Crippen LogP contribution >= 0.6 is 0 Å². The summed E-state index contributed by atoms with van der Waals surface area (Å²) in [7, 11) is -4.12. The second kappa shape index (κ2) is 5.05. The Morgan fingerprint density at radius 2 is 1.76 bits per heavy atom. The first kappa shape index (κ1) is 14.0. The van der Waals surface area contributed by atoms with Gasteiger partial charge in [-0.3, -0.25) is 0 Å². The van der Waals surface area contributed by atoms with E-state index in [1.807, 2.05) is 0 Å². The molecule has 0 saturated heterocycles. The van der Waals surface area contributed by atoms with Crippen LogP contribution in [0.15, 0.2) is 35.2 Å². The molecule has 0 fully saturated rings. The zero-order valence-corrected chi connectivity index (χ0v) is 9.85. The smallest absolute Gasteiger partial charge is 0.207 e. The van der Waals surface area contributed by atoms with Crippen molar-refractivity contribution in [2.45, 2.75) is 30.5 Å². The van der Waals surface area contributed by atoms with Crippen molar-refractivity contribution < 1.29 is 21.6 Å². The van der Waals surface area contributed by atoms with Gasteiger partial charge in [-0.15, -0.1) is 0 Å². The van der Waals surface area contributed by atoms with Gasteiger partial charge in [0.05, 0.1) is 4.90 Å². The normalized spacial score (nSPS) is 14.6. The predicted molar refractivity (Wildman–Crippen MR) is 56.9 cm³/mol. The fourth-order valence-corrected chi connectivity index (χ4v) is 2.56. The van der Waals surface area contributed by atoms with Gasteiger partial charge < -0.3 is 0 Å². The molecule has 0 bridgehead atoms. The molecule has 3 nitrogen and oxygen atoms in total. The summed E-state index contributed by atoms with van der Waals surface area (Å²) in [5.74, 6) is 0. The number of benzene rings is 1. The van der Waals surface area contributed by atoms with Gasteiger partial charge in [0.15, 0.2) is 0 Å². The summed E-state index contributed by atoms with van der Waals surface area (Å²) in [4.78, 5) is -0.178. The summed E-state index contributed by atoms with van der Waals surface area (Å²) < 4.78 is 62.2. The lowest BCUT2D eigenvalue weighted by atomic mass is 10.2. The SMILES string of the molecule is CCC(NS(=O)(=O)c1ccccc1)C(F)(F)F. The Hall–Kier alpha value is -1.08. The highest BCUT2D eigenvalue weighted by Gasteiger charge is 2.40. The maximum Gasteiger partial charge on any atom is 0.404 e. The number of halogens is 3. The van der Waals surface area contributed by atoms with Crippen LogP contribution in [-0.2, 0) is 10.0 Å². The van der Waals surface area contributed by atoms with Gasteiger partial charge in [0.1, 0.15) is 6.04 Å². The molecule has 0 aliphatic heterocycles. The average Bonchev–Trinajstić information content (AvgIpc) is 2.25. The third-order valence-electron chi connectivity index (χ3n) is 2.15. The maximum atomic E-state index is 12.4. The second-order valence-electron chi connectivity index (χ2n) is 3.44. The van der Waals surface area contributed by atoms with E-state index in [1.165, 1.54) is 31.2 Å². The van der Waals surface area contributed by atoms with Gasteiger partial charge in [0, 0.05) is 0 Å². The molecule has 0 heterocycles. The monoisotopic (exact) mass is 267 g/mol. The molecule has 1 unspecified atom stereocenters. The molecule has 1 aromatic carbocycles. The predicted octanol–water partition coefficient (Wildman–Crippen LogP) is 2.31. The highest BCUT2D eigenvalue weighted by atomic mass is 32.2. The number of nitrogens with one attached hydrogen (secondary N) is 1. The van der Waals surface area contributed by atoms with Crippen LogP contribution in [0.3, 0.4) is 0 Å². The van der Waals surface area contributed by atoms with Crippen molar-refractivity contribution in [1.82, 2.24) is 4.72 Å². The third kappa shape index (κ3) is 3.71. The number of rotatable bonds is 4. The van der Waals surface area contributed by atoms with Crippen LogP contribution in [0.25, 0.3) is 0 Å². The Bertz CT molecular complexity index is 456. The van der Waals surface area contributed by atoms with Gasteiger partial charge in [-0.05, 0) is 18.6 Å². The molecule has 0 aliphatic carbocycles. The first-order chi connectivity index (χ1) is 7.77. The van der Waals surface area contributed by atoms with Crippen molar-refractivity contribution in [3.05, 3.63) is 30.3 Å². The highest BCUT2D eigenvalue weighted by Crippen LogP contribution is 2.24. The van der Waals surface area contributed by atoms with Crippen LogP contribution in [0.5, 0.6) is 0 Å². The van der Waals surface area contributed by atoms with Gasteiger partial charge in [0.2, 0.25) is 10.0 Å². The minimum absolute atomic E-state index is 0.178. The van der Waals surface area contributed by atoms with E-state index in [1.54, 1.807) is 10.8 Å². The van der Waals surface area contributed by atoms with Gasteiger partial charge in [-0.2, -0.15) is 17.9 Å². The minimum Gasteiger partial charge on any atom is -0.207 e. The van der Waals surface area contributed by atoms with Crippen LogP contribution < -0.4 is 4.72 Å². The van der Waals surface area contributed by atoms with Crippen molar-refractivity contribution >= 4 is 10.0 Å². The molecular weight excluding hydrogens is 255 g/mol. The number of hydrogen-bond donors (Lipinski definition) is 1. The molecule has 0 radical (unpaired) electrons. The Kier molecular flexibility index (Phi) is 4.16. The van der Waals surface area contributed by atoms with E-state index in [0.29, 0.717) is 0 Å². The second-order valence-corrected chi connectivity index (χ2v) is 5.15. The Balaban J connectivity index is 2.95. The van der Waals surface area contributed by atoms with Gasteiger partial charge in [-0.25, -0.2) is 8.42 Å². The lowest BCUT2D eigenvalue weighted by Crippen LogP contribution is -2.44. The fourth-order valence-electron chi connectivity index (χ4n) is 1.24. The van der Waals surface area contributed by atoms with Crippen LogP contribution in [0.4, 0.5) is 13.2 Å². The molecule has 17 heavy (non-hydrogen) atoms. The number of alkyl halides is 3. The zero-order valence-electron chi connectivity index (χ0n) is 9.03. The van der Waals surface area contributed by atoms with Gasteiger partial charge in [-0.1, -0.05) is 25.1 Å². The molecule has 1 rings (SSSR count). The molecule has 1 aromatic rings. The Morgan fingerprint density at radius 1 is 1.24 bits per heavy atom. The van der Waals surface area contributed by atoms with E-state index in [0.717, 1.165) is 0 Å². The Labute approximate surface area is 97.7 Å². The summed E-state index contributed by atoms with van der Waals surface area (Å²) in [6.07, 6.45) is -4.94. The van der Waals surface area contributed by atoms with Crippen molar-refractivity contribution in [1.29, 1.82) is 0 Å². The van der Waals surface area contributed by atoms with Crippen molar-refractivity contribution in [2.24, 2.45) is 0 Å². The molecular formula is C10H12F3NO2S. The maximum absolute atomic E-state index is 12.4. The quantitative estimate of drug-likeness (QED) is 0.910. The highest BCUT2D eigenvalue weighted by molar-refractivity contribution is 7.89. The van der Waals surface area contributed by atoms with E-state index >= 15 is 0 Å². The molecule has 1 N–H and O–H groups in total. The van der Waals surface area contributed by atoms with Gasteiger partial charge in [0.25, 0.3) is 0 Å². The molecule has 0 aromatic heterocycles. The van der Waals surface area contributed by atoms with Crippen LogP contribution in [-0.4, -0.2) is 20.6 Å². The number of sulfonamides is 1. The van der Waals surface area contributed by atoms with E-state index in [2.05, 4.69) is 0 Å². The molecule has 0 saturated carbocycles. The third-order valence-corrected chi connectivity index (χ3v) is 3.64. The molecule has 96 valence electrons. The lowest BCUT2D eigenvalue weighted by molar-refractivity contribution is -0.151. The minimum atomic E-state index is -4.59. The molecule has 0 spiro atoms. The van der Waals surface area contributed by atoms with Crippen LogP contribution in [0.1, 0.15) is 13.3 Å². The van der Waals surface area contributed by atoms with Crippen molar-refractivity contribution in [3.8, 4) is 0 Å². The summed E-state index contributed by atoms with van der Waals surface area (Å²) in [6, 6.07) is 4.90. The summed E-state index contributed by atoms with van der Waals surface area (Å²) in [5, 5.41) is 0. The van der Waals surface area contributed by atoms with Crippen LogP contribution in [0.2, 0.25) is 0 Å². The molecule has 0 amide bonds. The summed E-state index contributed by atoms with van der Waals surface area (Å²) >= 11 is 0. The standard InChI is InChI=1S/C10H12F3NO2S/c1-2-9(10(11,12)13)14-17(15,16)8-6-4-3-5-7-8/h3-7,9,14H,2H2,1H3. The summed E-state index contributed by atoms with van der Waals surface area (Å²) in [5.41, 5.74) is 0. The first-order valence-electron chi connectivity index (χ1n) is 4.91. The summed E-state index contributed by atoms with van der Waals surface area (Å²) in [6.45, 7) is 1.27. The first-order valence-corrected chi connectivity index (χ1v) is 6.40. The number of hydrogen-bond acceptors (Lipinski definition) is 2. The molecule has 7 heteroatoms. The molecule has 1 atom stereocenters. The molecule has 0 aliphatic rings. The van der Waals surface area contributed by atoms with E-state index < -0.39 is 22.2 Å². The average molecular weight is 267 g/mol. The van der Waals surface area contributed by atoms with Gasteiger partial charge >= 0.3 is 6.18 Å². The van der Waals surface area contributed by atoms with Crippen molar-refractivity contribution in [2.75, 3.05) is 0 Å². The fraction of sp³-hybridized carbons (Fsp3) is 0.400. The zero-order chi connectivity index (χ0) is 13.1. The largest absolute Gasteiger partial charge is 0.404 e. The topological polar surface area (TPSA) is 46.2 Å². The van der Waals surface area contributed by atoms with Crippen molar-refractivity contribution in [3.63, 3.8) is 0 Å². The van der Waals surface area contributed by atoms with E-state index in [4.69, 9.17) is 0 Å².